The van der Waals surface area contributed by atoms with Crippen molar-refractivity contribution in [1.82, 2.24) is 24.6 Å². The molecule has 0 radical (unpaired) electrons. The summed E-state index contributed by atoms with van der Waals surface area (Å²) in [6.07, 6.45) is 6.33. The maximum atomic E-state index is 13.8. The van der Waals surface area contributed by atoms with Crippen LogP contribution in [-0.4, -0.2) is 50.8 Å². The van der Waals surface area contributed by atoms with E-state index >= 15 is 0 Å². The third-order valence-electron chi connectivity index (χ3n) is 7.26. The zero-order chi connectivity index (χ0) is 27.5. The first-order valence-electron chi connectivity index (χ1n) is 13.2. The van der Waals surface area contributed by atoms with E-state index in [9.17, 15) is 9.59 Å². The quantitative estimate of drug-likeness (QED) is 0.325. The minimum absolute atomic E-state index is 0.124. The van der Waals surface area contributed by atoms with Crippen LogP contribution in [0.3, 0.4) is 0 Å². The van der Waals surface area contributed by atoms with Crippen molar-refractivity contribution in [3.63, 3.8) is 0 Å². The van der Waals surface area contributed by atoms with Crippen LogP contribution in [0, 0.1) is 0 Å². The average molecular weight is 528 g/mol. The maximum absolute atomic E-state index is 13.8. The van der Waals surface area contributed by atoms with Crippen LogP contribution in [0.5, 0.6) is 5.75 Å². The topological polar surface area (TPSA) is 120 Å². The third-order valence-corrected chi connectivity index (χ3v) is 7.26. The molecule has 0 unspecified atom stereocenters. The van der Waals surface area contributed by atoms with Gasteiger partial charge in [-0.3, -0.25) is 9.59 Å². The second kappa shape index (κ2) is 11.1. The van der Waals surface area contributed by atoms with Gasteiger partial charge in [-0.05, 0) is 67.8 Å². The van der Waals surface area contributed by atoms with Gasteiger partial charge in [-0.1, -0.05) is 13.8 Å². The van der Waals surface area contributed by atoms with Crippen LogP contribution in [0.15, 0.2) is 60.9 Å². The van der Waals surface area contributed by atoms with Crippen LogP contribution in [0.4, 0.5) is 5.69 Å². The van der Waals surface area contributed by atoms with Gasteiger partial charge < -0.3 is 25.3 Å². The minimum Gasteiger partial charge on any atom is -0.497 e. The van der Waals surface area contributed by atoms with Crippen molar-refractivity contribution in [2.45, 2.75) is 45.7 Å². The molecule has 3 N–H and O–H groups in total. The molecule has 0 fully saturated rings. The van der Waals surface area contributed by atoms with Crippen molar-refractivity contribution in [2.24, 2.45) is 5.73 Å². The Morgan fingerprint density at radius 1 is 1.05 bits per heavy atom. The number of hydrogen-bond donors (Lipinski definition) is 2. The lowest BCUT2D eigenvalue weighted by atomic mass is 10.0. The highest BCUT2D eigenvalue weighted by Crippen LogP contribution is 2.30. The molecule has 0 bridgehead atoms. The lowest BCUT2D eigenvalue weighted by molar-refractivity contribution is 0.0972. The summed E-state index contributed by atoms with van der Waals surface area (Å²) in [7, 11) is 1.58. The molecule has 4 aromatic rings. The van der Waals surface area contributed by atoms with Gasteiger partial charge in [0.25, 0.3) is 11.8 Å². The van der Waals surface area contributed by atoms with E-state index in [2.05, 4.69) is 29.2 Å². The van der Waals surface area contributed by atoms with Crippen molar-refractivity contribution in [3.8, 4) is 17.1 Å². The van der Waals surface area contributed by atoms with E-state index in [1.807, 2.05) is 35.0 Å². The first kappa shape index (κ1) is 26.2. The zero-order valence-corrected chi connectivity index (χ0v) is 22.4. The highest BCUT2D eigenvalue weighted by molar-refractivity contribution is 6.09. The van der Waals surface area contributed by atoms with Crippen molar-refractivity contribution in [1.29, 1.82) is 0 Å². The molecule has 10 heteroatoms. The molecule has 0 saturated carbocycles. The summed E-state index contributed by atoms with van der Waals surface area (Å²) < 4.78 is 8.80. The van der Waals surface area contributed by atoms with Crippen molar-refractivity contribution < 1.29 is 14.3 Å². The molecule has 0 aliphatic carbocycles. The first-order valence-corrected chi connectivity index (χ1v) is 13.2. The molecule has 39 heavy (non-hydrogen) atoms. The second-order valence-electron chi connectivity index (χ2n) is 9.48. The van der Waals surface area contributed by atoms with E-state index in [0.717, 1.165) is 30.0 Å². The number of benzene rings is 2. The molecule has 3 heterocycles. The SMILES string of the molecule is CCC(CC)NCc1nccn1-c1ccc(N2CCc3c(C(N)=O)nn(-c4ccc(OC)cc4)c3C2=O)cc1. The number of hydrogen-bond acceptors (Lipinski definition) is 6. The number of aromatic nitrogens is 4. The highest BCUT2D eigenvalue weighted by atomic mass is 16.5. The Hall–Kier alpha value is -4.44. The predicted molar refractivity (Wildman–Crippen MR) is 149 cm³/mol. The molecule has 0 spiro atoms. The van der Waals surface area contributed by atoms with Gasteiger partial charge in [0.15, 0.2) is 5.69 Å². The van der Waals surface area contributed by atoms with Gasteiger partial charge in [0.05, 0.1) is 19.3 Å². The van der Waals surface area contributed by atoms with Gasteiger partial charge in [0, 0.05) is 41.9 Å². The fraction of sp³-hybridized carbons (Fsp3) is 0.310. The first-order chi connectivity index (χ1) is 18.9. The van der Waals surface area contributed by atoms with Crippen LogP contribution in [0.25, 0.3) is 11.4 Å². The number of primary amides is 1. The molecule has 10 nitrogen and oxygen atoms in total. The van der Waals surface area contributed by atoms with Crippen LogP contribution in [0.1, 0.15) is 59.1 Å². The molecule has 2 aromatic carbocycles. The fourth-order valence-corrected chi connectivity index (χ4v) is 5.02. The molecule has 0 saturated heterocycles. The number of rotatable bonds is 10. The van der Waals surface area contributed by atoms with E-state index in [1.165, 1.54) is 4.68 Å². The number of amides is 2. The van der Waals surface area contributed by atoms with E-state index in [0.29, 0.717) is 48.2 Å². The van der Waals surface area contributed by atoms with Crippen molar-refractivity contribution >= 4 is 17.5 Å². The summed E-state index contributed by atoms with van der Waals surface area (Å²) >= 11 is 0. The number of nitrogens with zero attached hydrogens (tertiary/aromatic N) is 5. The zero-order valence-electron chi connectivity index (χ0n) is 22.4. The number of nitrogens with two attached hydrogens (primary N) is 1. The van der Waals surface area contributed by atoms with E-state index in [4.69, 9.17) is 10.5 Å². The molecule has 0 atom stereocenters. The van der Waals surface area contributed by atoms with Crippen LogP contribution in [-0.2, 0) is 13.0 Å². The number of nitrogens with one attached hydrogen (secondary N) is 1. The number of methoxy groups -OCH3 is 1. The monoisotopic (exact) mass is 527 g/mol. The lowest BCUT2D eigenvalue weighted by Crippen LogP contribution is -2.39. The minimum atomic E-state index is -0.654. The molecule has 1 aliphatic rings. The Morgan fingerprint density at radius 2 is 1.72 bits per heavy atom. The number of carbonyl (C=O) groups is 2. The summed E-state index contributed by atoms with van der Waals surface area (Å²) in [6, 6.07) is 15.4. The van der Waals surface area contributed by atoms with Gasteiger partial charge in [0.1, 0.15) is 17.3 Å². The third kappa shape index (κ3) is 5.03. The molecule has 2 aromatic heterocycles. The Kier molecular flexibility index (Phi) is 7.47. The van der Waals surface area contributed by atoms with E-state index < -0.39 is 5.91 Å². The van der Waals surface area contributed by atoms with Crippen LogP contribution >= 0.6 is 0 Å². The van der Waals surface area contributed by atoms with Gasteiger partial charge >= 0.3 is 0 Å². The summed E-state index contributed by atoms with van der Waals surface area (Å²) in [5.41, 5.74) is 9.02. The molecular formula is C29H33N7O3. The summed E-state index contributed by atoms with van der Waals surface area (Å²) in [5.74, 6) is 0.711. The molecule has 1 aliphatic heterocycles. The predicted octanol–water partition coefficient (Wildman–Crippen LogP) is 3.65. The van der Waals surface area contributed by atoms with Gasteiger partial charge in [-0.2, -0.15) is 5.10 Å². The van der Waals surface area contributed by atoms with Crippen LogP contribution in [0.2, 0.25) is 0 Å². The number of ether oxygens (including phenoxy) is 1. The number of anilines is 1. The standard InChI is InChI=1S/C29H33N7O3/c1-4-19(5-2)32-18-25-31-15-17-34(25)20-6-8-21(9-7-20)35-16-14-24-26(28(30)37)33-36(27(24)29(35)38)22-10-12-23(39-3)13-11-22/h6-13,15,17,19,32H,4-5,14,16,18H2,1-3H3,(H2,30,37). The fourth-order valence-electron chi connectivity index (χ4n) is 5.02. The summed E-state index contributed by atoms with van der Waals surface area (Å²) in [4.78, 5) is 32.2. The molecular weight excluding hydrogens is 494 g/mol. The summed E-state index contributed by atoms with van der Waals surface area (Å²) in [6.45, 7) is 5.44. The van der Waals surface area contributed by atoms with Gasteiger partial charge in [-0.25, -0.2) is 9.67 Å². The smallest absolute Gasteiger partial charge is 0.277 e. The lowest BCUT2D eigenvalue weighted by Gasteiger charge is -2.28. The van der Waals surface area contributed by atoms with Gasteiger partial charge in [0.2, 0.25) is 0 Å². The largest absolute Gasteiger partial charge is 0.497 e. The number of carbonyl (C=O) groups excluding carboxylic acids is 2. The maximum Gasteiger partial charge on any atom is 0.277 e. The van der Waals surface area contributed by atoms with E-state index in [1.54, 1.807) is 42.5 Å². The Labute approximate surface area is 227 Å². The molecule has 202 valence electrons. The molecule has 5 rings (SSSR count). The molecule has 2 amide bonds. The average Bonchev–Trinajstić information content (AvgIpc) is 3.60. The van der Waals surface area contributed by atoms with Crippen LogP contribution < -0.4 is 20.7 Å². The Bertz CT molecular complexity index is 1470. The summed E-state index contributed by atoms with van der Waals surface area (Å²) in [5, 5.41) is 7.99. The van der Waals surface area contributed by atoms with Gasteiger partial charge in [-0.15, -0.1) is 0 Å². The number of fused-ring (bicyclic) bond motifs is 1. The Balaban J connectivity index is 1.42. The van der Waals surface area contributed by atoms with E-state index in [-0.39, 0.29) is 11.6 Å². The van der Waals surface area contributed by atoms with Crippen molar-refractivity contribution in [3.05, 3.63) is 83.7 Å². The second-order valence-corrected chi connectivity index (χ2v) is 9.48. The Morgan fingerprint density at radius 3 is 2.36 bits per heavy atom. The number of imidazole rings is 1. The van der Waals surface area contributed by atoms with Crippen molar-refractivity contribution in [2.75, 3.05) is 18.6 Å². The normalized spacial score (nSPS) is 13.1. The highest BCUT2D eigenvalue weighted by Gasteiger charge is 2.34.